The summed E-state index contributed by atoms with van der Waals surface area (Å²) in [6, 6.07) is 6.07. The number of amides is 1. The monoisotopic (exact) mass is 422 g/mol. The fourth-order valence-electron chi connectivity index (χ4n) is 3.58. The highest BCUT2D eigenvalue weighted by Crippen LogP contribution is 2.30. The molecule has 3 rings (SSSR count). The second kappa shape index (κ2) is 9.71. The van der Waals surface area contributed by atoms with Gasteiger partial charge in [0.1, 0.15) is 6.54 Å². The van der Waals surface area contributed by atoms with Gasteiger partial charge in [-0.1, -0.05) is 12.8 Å². The number of ether oxygens (including phenoxy) is 1. The molecule has 0 atom stereocenters. The molecule has 7 nitrogen and oxygen atoms in total. The molecule has 0 bridgehead atoms. The molecule has 1 aromatic carbocycles. The van der Waals surface area contributed by atoms with Crippen molar-refractivity contribution < 1.29 is 22.7 Å². The molecule has 1 saturated carbocycles. The van der Waals surface area contributed by atoms with Gasteiger partial charge < -0.3 is 9.64 Å². The van der Waals surface area contributed by atoms with Crippen molar-refractivity contribution in [2.45, 2.75) is 50.3 Å². The first-order chi connectivity index (χ1) is 13.9. The summed E-state index contributed by atoms with van der Waals surface area (Å²) in [6.45, 7) is 3.51. The Morgan fingerprint density at radius 3 is 2.24 bits per heavy atom. The van der Waals surface area contributed by atoms with Crippen LogP contribution in [0.3, 0.4) is 0 Å². The van der Waals surface area contributed by atoms with Crippen molar-refractivity contribution in [3.8, 4) is 0 Å². The fourth-order valence-corrected chi connectivity index (χ4v) is 5.09. The third kappa shape index (κ3) is 5.79. The SMILES string of the molecule is CCOC(=O)CN(CC1CC1)C(=O)c1ccc(S(=O)(=O)N2CCCCCC2)cc1. The maximum Gasteiger partial charge on any atom is 0.325 e. The van der Waals surface area contributed by atoms with Crippen LogP contribution in [0.5, 0.6) is 0 Å². The van der Waals surface area contributed by atoms with Gasteiger partial charge in [0, 0.05) is 25.2 Å². The molecule has 160 valence electrons. The van der Waals surface area contributed by atoms with E-state index in [4.69, 9.17) is 4.74 Å². The third-order valence-electron chi connectivity index (χ3n) is 5.39. The topological polar surface area (TPSA) is 84.0 Å². The molecule has 0 spiro atoms. The lowest BCUT2D eigenvalue weighted by Crippen LogP contribution is -2.38. The number of sulfonamides is 1. The first-order valence-electron chi connectivity index (χ1n) is 10.5. The van der Waals surface area contributed by atoms with Crippen molar-refractivity contribution in [1.82, 2.24) is 9.21 Å². The maximum absolute atomic E-state index is 12.9. The van der Waals surface area contributed by atoms with Gasteiger partial charge in [0.2, 0.25) is 10.0 Å². The molecule has 2 aliphatic rings. The average Bonchev–Trinajstić information content (AvgIpc) is 3.54. The van der Waals surface area contributed by atoms with Crippen LogP contribution >= 0.6 is 0 Å². The Morgan fingerprint density at radius 1 is 1.07 bits per heavy atom. The number of hydrogen-bond donors (Lipinski definition) is 0. The van der Waals surface area contributed by atoms with Gasteiger partial charge in [-0.3, -0.25) is 9.59 Å². The Bertz CT molecular complexity index is 810. The molecule has 0 unspecified atom stereocenters. The normalized spacial score (nSPS) is 18.1. The molecule has 1 amide bonds. The molecule has 1 saturated heterocycles. The molecule has 1 aliphatic carbocycles. The molecule has 1 heterocycles. The number of rotatable bonds is 8. The molecule has 0 aromatic heterocycles. The quantitative estimate of drug-likeness (QED) is 0.602. The predicted molar refractivity (Wildman–Crippen MR) is 109 cm³/mol. The van der Waals surface area contributed by atoms with Crippen LogP contribution < -0.4 is 0 Å². The van der Waals surface area contributed by atoms with Crippen LogP contribution in [0.2, 0.25) is 0 Å². The molecular weight excluding hydrogens is 392 g/mol. The fraction of sp³-hybridized carbons (Fsp3) is 0.619. The van der Waals surface area contributed by atoms with E-state index in [-0.39, 0.29) is 24.0 Å². The smallest absolute Gasteiger partial charge is 0.325 e. The summed E-state index contributed by atoms with van der Waals surface area (Å²) < 4.78 is 32.3. The third-order valence-corrected chi connectivity index (χ3v) is 7.30. The highest BCUT2D eigenvalue weighted by molar-refractivity contribution is 7.89. The van der Waals surface area contributed by atoms with Crippen molar-refractivity contribution in [2.24, 2.45) is 5.92 Å². The average molecular weight is 423 g/mol. The zero-order valence-electron chi connectivity index (χ0n) is 17.0. The minimum atomic E-state index is -3.55. The van der Waals surface area contributed by atoms with Gasteiger partial charge in [-0.05, 0) is 62.8 Å². The van der Waals surface area contributed by atoms with E-state index in [1.807, 2.05) is 0 Å². The van der Waals surface area contributed by atoms with Gasteiger partial charge in [0.15, 0.2) is 0 Å². The van der Waals surface area contributed by atoms with Crippen molar-refractivity contribution >= 4 is 21.9 Å². The molecule has 29 heavy (non-hydrogen) atoms. The van der Waals surface area contributed by atoms with E-state index in [9.17, 15) is 18.0 Å². The van der Waals surface area contributed by atoms with Gasteiger partial charge >= 0.3 is 5.97 Å². The van der Waals surface area contributed by atoms with Gasteiger partial charge in [-0.25, -0.2) is 8.42 Å². The van der Waals surface area contributed by atoms with E-state index in [1.165, 1.54) is 33.5 Å². The molecule has 1 aromatic rings. The highest BCUT2D eigenvalue weighted by atomic mass is 32.2. The zero-order valence-corrected chi connectivity index (χ0v) is 17.8. The highest BCUT2D eigenvalue weighted by Gasteiger charge is 2.30. The maximum atomic E-state index is 12.9. The first kappa shape index (κ1) is 21.8. The van der Waals surface area contributed by atoms with E-state index in [1.54, 1.807) is 6.92 Å². The number of esters is 1. The van der Waals surface area contributed by atoms with Gasteiger partial charge in [0.25, 0.3) is 5.91 Å². The van der Waals surface area contributed by atoms with E-state index < -0.39 is 16.0 Å². The summed E-state index contributed by atoms with van der Waals surface area (Å²) in [4.78, 5) is 26.5. The van der Waals surface area contributed by atoms with Gasteiger partial charge in [-0.2, -0.15) is 4.31 Å². The van der Waals surface area contributed by atoms with Crippen LogP contribution in [0.1, 0.15) is 55.8 Å². The Balaban J connectivity index is 1.72. The van der Waals surface area contributed by atoms with Crippen LogP contribution in [-0.4, -0.2) is 62.3 Å². The summed E-state index contributed by atoms with van der Waals surface area (Å²) in [5.74, 6) is -0.276. The minimum absolute atomic E-state index is 0.0863. The van der Waals surface area contributed by atoms with Crippen LogP contribution in [0.25, 0.3) is 0 Å². The lowest BCUT2D eigenvalue weighted by atomic mass is 10.2. The van der Waals surface area contributed by atoms with Crippen molar-refractivity contribution in [3.05, 3.63) is 29.8 Å². The van der Waals surface area contributed by atoms with Crippen LogP contribution in [0.15, 0.2) is 29.2 Å². The Labute approximate surface area is 173 Å². The number of carbonyl (C=O) groups excluding carboxylic acids is 2. The molecular formula is C21H30N2O5S. The van der Waals surface area contributed by atoms with E-state index in [0.717, 1.165) is 38.5 Å². The summed E-state index contributed by atoms with van der Waals surface area (Å²) in [5.41, 5.74) is 0.379. The van der Waals surface area contributed by atoms with Crippen LogP contribution in [0, 0.1) is 5.92 Å². The standard InChI is InChI=1S/C21H30N2O5S/c1-2-28-20(24)16-22(15-17-7-8-17)21(25)18-9-11-19(12-10-18)29(26,27)23-13-5-3-4-6-14-23/h9-12,17H,2-8,13-16H2,1H3. The number of hydrogen-bond acceptors (Lipinski definition) is 5. The number of benzene rings is 1. The molecule has 0 radical (unpaired) electrons. The van der Waals surface area contributed by atoms with Gasteiger partial charge in [-0.15, -0.1) is 0 Å². The minimum Gasteiger partial charge on any atom is -0.465 e. The van der Waals surface area contributed by atoms with E-state index in [2.05, 4.69) is 0 Å². The predicted octanol–water partition coefficient (Wildman–Crippen LogP) is 2.67. The van der Waals surface area contributed by atoms with E-state index >= 15 is 0 Å². The molecule has 2 fully saturated rings. The lowest BCUT2D eigenvalue weighted by molar-refractivity contribution is -0.143. The van der Waals surface area contributed by atoms with Crippen LogP contribution in [-0.2, 0) is 19.6 Å². The van der Waals surface area contributed by atoms with Crippen molar-refractivity contribution in [3.63, 3.8) is 0 Å². The van der Waals surface area contributed by atoms with Crippen molar-refractivity contribution in [2.75, 3.05) is 32.8 Å². The number of carbonyl (C=O) groups is 2. The largest absolute Gasteiger partial charge is 0.465 e. The van der Waals surface area contributed by atoms with E-state index in [0.29, 0.717) is 31.1 Å². The summed E-state index contributed by atoms with van der Waals surface area (Å²) in [7, 11) is -3.55. The summed E-state index contributed by atoms with van der Waals surface area (Å²) >= 11 is 0. The Hall–Kier alpha value is -1.93. The Kier molecular flexibility index (Phi) is 7.29. The lowest BCUT2D eigenvalue weighted by Gasteiger charge is -2.22. The van der Waals surface area contributed by atoms with Crippen LogP contribution in [0.4, 0.5) is 0 Å². The summed E-state index contributed by atoms with van der Waals surface area (Å²) in [6.07, 6.45) is 5.96. The zero-order chi connectivity index (χ0) is 20.9. The van der Waals surface area contributed by atoms with Gasteiger partial charge in [0.05, 0.1) is 11.5 Å². The molecule has 8 heteroatoms. The van der Waals surface area contributed by atoms with Crippen molar-refractivity contribution in [1.29, 1.82) is 0 Å². The Morgan fingerprint density at radius 2 is 1.69 bits per heavy atom. The molecule has 0 N–H and O–H groups in total. The first-order valence-corrected chi connectivity index (χ1v) is 11.9. The number of nitrogens with zero attached hydrogens (tertiary/aromatic N) is 2. The second-order valence-corrected chi connectivity index (χ2v) is 9.71. The second-order valence-electron chi connectivity index (χ2n) is 7.78. The summed E-state index contributed by atoms with van der Waals surface area (Å²) in [5, 5.41) is 0. The molecule has 1 aliphatic heterocycles.